The van der Waals surface area contributed by atoms with E-state index in [9.17, 15) is 28.8 Å². The summed E-state index contributed by atoms with van der Waals surface area (Å²) in [5.74, 6) is -3.01. The minimum absolute atomic E-state index is 0.000587. The topological polar surface area (TPSA) is 194 Å². The molecule has 51 heavy (non-hydrogen) atoms. The van der Waals surface area contributed by atoms with Gasteiger partial charge in [0, 0.05) is 27.4 Å². The number of hydrogen-bond donors (Lipinski definition) is 3. The van der Waals surface area contributed by atoms with Gasteiger partial charge < -0.3 is 4.74 Å². The second kappa shape index (κ2) is 13.2. The molecule has 3 aliphatic rings. The molecule has 2 aromatic heterocycles. The molecule has 2 atom stereocenters. The molecule has 0 aliphatic carbocycles. The van der Waals surface area contributed by atoms with Gasteiger partial charge in [-0.1, -0.05) is 29.8 Å². The molecular formula is C34H29ClN8O7S. The van der Waals surface area contributed by atoms with Crippen molar-refractivity contribution in [3.63, 3.8) is 0 Å². The normalized spacial score (nSPS) is 18.0. The minimum atomic E-state index is -1.15. The Morgan fingerprint density at radius 2 is 1.73 bits per heavy atom. The monoisotopic (exact) mass is 728 g/mol. The number of benzene rings is 2. The summed E-state index contributed by atoms with van der Waals surface area (Å²) in [4.78, 5) is 83.4. The molecule has 15 nitrogen and oxygen atoms in total. The van der Waals surface area contributed by atoms with E-state index in [4.69, 9.17) is 21.3 Å². The Labute approximate surface area is 299 Å². The summed E-state index contributed by atoms with van der Waals surface area (Å²) in [7, 11) is 0. The van der Waals surface area contributed by atoms with E-state index in [-0.39, 0.29) is 36.1 Å². The van der Waals surface area contributed by atoms with Crippen LogP contribution < -0.4 is 20.9 Å². The molecule has 1 unspecified atom stereocenters. The molecule has 0 spiro atoms. The summed E-state index contributed by atoms with van der Waals surface area (Å²) in [5.41, 5.74) is 8.01. The van der Waals surface area contributed by atoms with Crippen LogP contribution in [0.15, 0.2) is 47.5 Å². The Morgan fingerprint density at radius 1 is 0.980 bits per heavy atom. The van der Waals surface area contributed by atoms with E-state index < -0.39 is 54.1 Å². The van der Waals surface area contributed by atoms with Crippen molar-refractivity contribution in [1.29, 1.82) is 0 Å². The number of halogens is 1. The van der Waals surface area contributed by atoms with Gasteiger partial charge in [-0.15, -0.1) is 21.5 Å². The molecule has 2 aromatic carbocycles. The van der Waals surface area contributed by atoms with Crippen LogP contribution in [0.2, 0.25) is 5.02 Å². The van der Waals surface area contributed by atoms with Crippen molar-refractivity contribution in [2.24, 2.45) is 4.99 Å². The Balaban J connectivity index is 1.04. The van der Waals surface area contributed by atoms with Crippen LogP contribution in [0.4, 0.5) is 0 Å². The van der Waals surface area contributed by atoms with E-state index in [1.807, 2.05) is 37.5 Å². The third-order valence-corrected chi connectivity index (χ3v) is 10.3. The molecule has 4 aromatic rings. The van der Waals surface area contributed by atoms with Crippen molar-refractivity contribution in [2.45, 2.75) is 52.1 Å². The van der Waals surface area contributed by atoms with Crippen LogP contribution >= 0.6 is 22.9 Å². The molecule has 1 fully saturated rings. The number of nitrogens with one attached hydrogen (secondary N) is 3. The predicted molar refractivity (Wildman–Crippen MR) is 183 cm³/mol. The summed E-state index contributed by atoms with van der Waals surface area (Å²) >= 11 is 7.76. The zero-order chi connectivity index (χ0) is 36.1. The van der Waals surface area contributed by atoms with Crippen molar-refractivity contribution >= 4 is 64.1 Å². The Bertz CT molecular complexity index is 2210. The number of carbonyl (C=O) groups excluding carboxylic acids is 6. The number of hydrogen-bond acceptors (Lipinski definition) is 11. The average Bonchev–Trinajstić information content (AvgIpc) is 3.68. The molecule has 6 amide bonds. The van der Waals surface area contributed by atoms with Crippen LogP contribution in [0, 0.1) is 20.8 Å². The van der Waals surface area contributed by atoms with Gasteiger partial charge in [-0.2, -0.15) is 0 Å². The maximum Gasteiger partial charge on any atom is 0.276 e. The van der Waals surface area contributed by atoms with Crippen LogP contribution in [-0.4, -0.2) is 73.5 Å². The molecule has 0 bridgehead atoms. The van der Waals surface area contributed by atoms with E-state index >= 15 is 0 Å². The first-order valence-electron chi connectivity index (χ1n) is 15.8. The number of aliphatic imine (C=N–C) groups is 1. The number of aryl methyl sites for hydroxylation is 2. The fourth-order valence-corrected chi connectivity index (χ4v) is 7.62. The molecule has 7 rings (SSSR count). The molecule has 0 saturated carbocycles. The number of amides is 6. The number of piperidine rings is 1. The van der Waals surface area contributed by atoms with Gasteiger partial charge in [-0.25, -0.2) is 0 Å². The van der Waals surface area contributed by atoms with E-state index in [0.29, 0.717) is 22.4 Å². The first kappa shape index (κ1) is 33.7. The summed E-state index contributed by atoms with van der Waals surface area (Å²) < 4.78 is 7.51. The summed E-state index contributed by atoms with van der Waals surface area (Å²) in [6.07, 6.45) is -0.221. The number of rotatable bonds is 7. The maximum atomic E-state index is 13.3. The van der Waals surface area contributed by atoms with Crippen molar-refractivity contribution in [2.75, 3.05) is 6.61 Å². The van der Waals surface area contributed by atoms with Gasteiger partial charge in [0.05, 0.1) is 23.3 Å². The summed E-state index contributed by atoms with van der Waals surface area (Å²) in [6.45, 7) is 5.26. The van der Waals surface area contributed by atoms with Crippen LogP contribution in [-0.2, 0) is 19.2 Å². The predicted octanol–water partition coefficient (Wildman–Crippen LogP) is 2.82. The van der Waals surface area contributed by atoms with Gasteiger partial charge in [0.15, 0.2) is 12.4 Å². The lowest BCUT2D eigenvalue weighted by atomic mass is 9.99. The molecule has 260 valence electrons. The molecule has 5 heterocycles. The van der Waals surface area contributed by atoms with Crippen molar-refractivity contribution in [3.05, 3.63) is 91.8 Å². The summed E-state index contributed by atoms with van der Waals surface area (Å²) in [5, 5.41) is 12.3. The van der Waals surface area contributed by atoms with Crippen LogP contribution in [0.1, 0.15) is 79.2 Å². The number of imide groups is 2. The van der Waals surface area contributed by atoms with Gasteiger partial charge in [-0.05, 0) is 57.0 Å². The zero-order valence-corrected chi connectivity index (χ0v) is 29.0. The highest BCUT2D eigenvalue weighted by molar-refractivity contribution is 7.15. The Hall–Kier alpha value is -5.74. The first-order chi connectivity index (χ1) is 24.4. The minimum Gasteiger partial charge on any atom is -0.483 e. The molecular weight excluding hydrogens is 700 g/mol. The van der Waals surface area contributed by atoms with Crippen molar-refractivity contribution < 1.29 is 33.5 Å². The lowest BCUT2D eigenvalue weighted by molar-refractivity contribution is -0.136. The second-order valence-corrected chi connectivity index (χ2v) is 13.8. The second-order valence-electron chi connectivity index (χ2n) is 12.1. The highest BCUT2D eigenvalue weighted by atomic mass is 35.5. The van der Waals surface area contributed by atoms with E-state index in [2.05, 4.69) is 26.4 Å². The van der Waals surface area contributed by atoms with Gasteiger partial charge in [0.2, 0.25) is 17.7 Å². The lowest BCUT2D eigenvalue weighted by Crippen LogP contribution is -2.54. The Kier molecular flexibility index (Phi) is 8.72. The standard InChI is InChI=1S/C34H29ClN8O7S/c1-15-16(2)51-34-27(15)29(18-7-9-19(35)10-8-18)36-21(30-41-38-17(3)42(30)34)13-25(45)39-40-26(46)14-50-23-6-4-5-20-28(23)33(49)43(32(20)48)22-11-12-24(44)37-31(22)47/h4-10,21-22H,11-14H2,1-3H3,(H,39,45)(H,40,46)(H,37,44,47)/t21-,22?/m0/s1. The van der Waals surface area contributed by atoms with Gasteiger partial charge in [0.1, 0.15) is 28.7 Å². The van der Waals surface area contributed by atoms with Gasteiger partial charge in [0.25, 0.3) is 17.7 Å². The first-order valence-corrected chi connectivity index (χ1v) is 17.0. The average molecular weight is 729 g/mol. The molecule has 0 radical (unpaired) electrons. The SMILES string of the molecule is Cc1sc2c(c1C)C(c1ccc(Cl)cc1)=N[C@@H](CC(=O)NNC(=O)COc1cccc3c1C(=O)N(C1CCC(=O)NC1=O)C3=O)c1nnc(C)n1-2. The largest absolute Gasteiger partial charge is 0.483 e. The number of hydrazine groups is 1. The van der Waals surface area contributed by atoms with Gasteiger partial charge >= 0.3 is 0 Å². The van der Waals surface area contributed by atoms with Crippen LogP contribution in [0.3, 0.4) is 0 Å². The number of ether oxygens (including phenoxy) is 1. The number of fused-ring (bicyclic) bond motifs is 4. The quantitative estimate of drug-likeness (QED) is 0.190. The van der Waals surface area contributed by atoms with Crippen molar-refractivity contribution in [3.8, 4) is 10.8 Å². The van der Waals surface area contributed by atoms with E-state index in [1.54, 1.807) is 23.5 Å². The molecule has 3 aliphatic heterocycles. The third-order valence-electron chi connectivity index (χ3n) is 8.87. The zero-order valence-electron chi connectivity index (χ0n) is 27.4. The molecule has 17 heteroatoms. The Morgan fingerprint density at radius 3 is 2.47 bits per heavy atom. The fourth-order valence-electron chi connectivity index (χ4n) is 6.28. The van der Waals surface area contributed by atoms with Crippen LogP contribution in [0.5, 0.6) is 5.75 Å². The maximum absolute atomic E-state index is 13.3. The number of thiophene rings is 1. The lowest BCUT2D eigenvalue weighted by Gasteiger charge is -2.27. The number of aromatic nitrogens is 3. The van der Waals surface area contributed by atoms with Crippen molar-refractivity contribution in [1.82, 2.24) is 35.8 Å². The molecule has 3 N–H and O–H groups in total. The van der Waals surface area contributed by atoms with Crippen LogP contribution in [0.25, 0.3) is 5.00 Å². The number of nitrogens with zero attached hydrogens (tertiary/aromatic N) is 5. The van der Waals surface area contributed by atoms with E-state index in [0.717, 1.165) is 31.5 Å². The molecule has 1 saturated heterocycles. The highest BCUT2D eigenvalue weighted by Crippen LogP contribution is 2.40. The smallest absolute Gasteiger partial charge is 0.276 e. The summed E-state index contributed by atoms with van der Waals surface area (Å²) in [6, 6.07) is 9.65. The van der Waals surface area contributed by atoms with E-state index in [1.165, 1.54) is 18.2 Å². The fraction of sp³-hybridized carbons (Fsp3) is 0.265. The highest BCUT2D eigenvalue weighted by Gasteiger charge is 2.46. The number of carbonyl (C=O) groups is 6. The van der Waals surface area contributed by atoms with Gasteiger partial charge in [-0.3, -0.25) is 59.4 Å². The third kappa shape index (κ3) is 6.05.